The highest BCUT2D eigenvalue weighted by Crippen LogP contribution is 2.27. The fourth-order valence-corrected chi connectivity index (χ4v) is 3.16. The lowest BCUT2D eigenvalue weighted by Crippen LogP contribution is -2.12. The highest BCUT2D eigenvalue weighted by molar-refractivity contribution is 7.90. The summed E-state index contributed by atoms with van der Waals surface area (Å²) in [4.78, 5) is 3.85. The van der Waals surface area contributed by atoms with Crippen LogP contribution in [0.3, 0.4) is 0 Å². The lowest BCUT2D eigenvalue weighted by molar-refractivity contribution is 0.599. The van der Waals surface area contributed by atoms with E-state index < -0.39 is 10.0 Å². The van der Waals surface area contributed by atoms with Gasteiger partial charge in [0.05, 0.1) is 0 Å². The zero-order valence-electron chi connectivity index (χ0n) is 9.85. The summed E-state index contributed by atoms with van der Waals surface area (Å²) in [6.45, 7) is 0. The van der Waals surface area contributed by atoms with Crippen LogP contribution < -0.4 is 0 Å². The van der Waals surface area contributed by atoms with Crippen LogP contribution in [0.1, 0.15) is 17.0 Å². The first-order chi connectivity index (χ1) is 9.58. The Morgan fingerprint density at radius 3 is 2.60 bits per heavy atom. The molecule has 8 heteroatoms. The minimum atomic E-state index is -3.78. The number of hydrogen-bond acceptors (Lipinski definition) is 5. The fourth-order valence-electron chi connectivity index (χ4n) is 1.96. The van der Waals surface area contributed by atoms with Crippen LogP contribution in [0.2, 0.25) is 0 Å². The van der Waals surface area contributed by atoms with Crippen molar-refractivity contribution in [3.8, 4) is 12.1 Å². The standard InChI is InChI=1S/C12H5N5O2S/c13-5-9-10(6-14)17(7-15-9)12-8-3-1-2-4-11(8)20(18,19)16-12/h1-4,7H. The Labute approximate surface area is 114 Å². The third-order valence-corrected chi connectivity index (χ3v) is 4.15. The number of rotatable bonds is 0. The van der Waals surface area contributed by atoms with E-state index in [0.717, 1.165) is 0 Å². The monoisotopic (exact) mass is 283 g/mol. The van der Waals surface area contributed by atoms with E-state index in [1.807, 2.05) is 6.07 Å². The molecule has 1 aliphatic rings. The minimum Gasteiger partial charge on any atom is -0.272 e. The van der Waals surface area contributed by atoms with Gasteiger partial charge in [0.15, 0.2) is 17.2 Å². The maximum absolute atomic E-state index is 11.9. The van der Waals surface area contributed by atoms with Gasteiger partial charge in [-0.25, -0.2) is 4.98 Å². The molecule has 0 bridgehead atoms. The van der Waals surface area contributed by atoms with Crippen LogP contribution in [0.5, 0.6) is 0 Å². The molecule has 1 aromatic carbocycles. The number of fused-ring (bicyclic) bond motifs is 1. The molecule has 0 spiro atoms. The maximum Gasteiger partial charge on any atom is 0.285 e. The van der Waals surface area contributed by atoms with Crippen molar-refractivity contribution in [2.75, 3.05) is 0 Å². The molecule has 0 saturated carbocycles. The van der Waals surface area contributed by atoms with Gasteiger partial charge in [-0.15, -0.1) is 4.40 Å². The van der Waals surface area contributed by atoms with Crippen molar-refractivity contribution < 1.29 is 8.42 Å². The molecule has 0 atom stereocenters. The van der Waals surface area contributed by atoms with Crippen molar-refractivity contribution in [3.63, 3.8) is 0 Å². The molecule has 1 aromatic heterocycles. The van der Waals surface area contributed by atoms with Crippen LogP contribution >= 0.6 is 0 Å². The van der Waals surface area contributed by atoms with E-state index in [2.05, 4.69) is 9.38 Å². The summed E-state index contributed by atoms with van der Waals surface area (Å²) < 4.78 is 28.8. The van der Waals surface area contributed by atoms with Crippen molar-refractivity contribution in [2.45, 2.75) is 4.90 Å². The molecule has 0 N–H and O–H groups in total. The Morgan fingerprint density at radius 2 is 1.90 bits per heavy atom. The minimum absolute atomic E-state index is 0.0434. The quantitative estimate of drug-likeness (QED) is 0.703. The normalized spacial score (nSPS) is 15.0. The largest absolute Gasteiger partial charge is 0.285 e. The van der Waals surface area contributed by atoms with Gasteiger partial charge < -0.3 is 0 Å². The summed E-state index contributed by atoms with van der Waals surface area (Å²) in [6, 6.07) is 9.90. The van der Waals surface area contributed by atoms with Gasteiger partial charge in [0, 0.05) is 5.56 Å². The third kappa shape index (κ3) is 1.53. The lowest BCUT2D eigenvalue weighted by atomic mass is 10.2. The SMILES string of the molecule is N#Cc1ncn(C2=NS(=O)(=O)c3ccccc32)c1C#N. The zero-order chi connectivity index (χ0) is 14.3. The van der Waals surface area contributed by atoms with E-state index in [1.54, 1.807) is 24.3 Å². The smallest absolute Gasteiger partial charge is 0.272 e. The number of sulfonamides is 1. The number of benzene rings is 1. The molecule has 2 heterocycles. The molecule has 0 saturated heterocycles. The number of nitrogens with zero attached hydrogens (tertiary/aromatic N) is 5. The molecule has 1 aliphatic heterocycles. The van der Waals surface area contributed by atoms with Gasteiger partial charge in [-0.1, -0.05) is 12.1 Å². The van der Waals surface area contributed by atoms with Crippen molar-refractivity contribution in [2.24, 2.45) is 4.40 Å². The maximum atomic E-state index is 11.9. The molecule has 96 valence electrons. The summed E-state index contributed by atoms with van der Waals surface area (Å²) >= 11 is 0. The fraction of sp³-hybridized carbons (Fsp3) is 0. The summed E-state index contributed by atoms with van der Waals surface area (Å²) in [5.74, 6) is 0.0751. The van der Waals surface area contributed by atoms with E-state index in [-0.39, 0.29) is 22.1 Å². The van der Waals surface area contributed by atoms with Crippen LogP contribution in [-0.4, -0.2) is 23.8 Å². The molecule has 0 aliphatic carbocycles. The summed E-state index contributed by atoms with van der Waals surface area (Å²) in [5, 5.41) is 18.0. The molecule has 7 nitrogen and oxygen atoms in total. The highest BCUT2D eigenvalue weighted by Gasteiger charge is 2.31. The van der Waals surface area contributed by atoms with Crippen molar-refractivity contribution in [1.82, 2.24) is 9.55 Å². The third-order valence-electron chi connectivity index (χ3n) is 2.82. The average molecular weight is 283 g/mol. The van der Waals surface area contributed by atoms with Gasteiger partial charge in [-0.05, 0) is 12.1 Å². The molecule has 3 rings (SSSR count). The number of nitriles is 2. The predicted octanol–water partition coefficient (Wildman–Crippen LogP) is 0.624. The molecule has 0 amide bonds. The highest BCUT2D eigenvalue weighted by atomic mass is 32.2. The molecule has 0 radical (unpaired) electrons. The first-order valence-corrected chi connectivity index (χ1v) is 6.85. The van der Waals surface area contributed by atoms with Gasteiger partial charge in [0.2, 0.25) is 0 Å². The van der Waals surface area contributed by atoms with Crippen molar-refractivity contribution >= 4 is 15.9 Å². The lowest BCUT2D eigenvalue weighted by Gasteiger charge is -2.03. The van der Waals surface area contributed by atoms with Crippen LogP contribution in [0.15, 0.2) is 39.9 Å². The number of hydrogen-bond donors (Lipinski definition) is 0. The van der Waals surface area contributed by atoms with E-state index in [9.17, 15) is 8.42 Å². The molecule has 0 unspecified atom stereocenters. The number of aromatic nitrogens is 2. The van der Waals surface area contributed by atoms with Crippen LogP contribution in [0.25, 0.3) is 0 Å². The Bertz CT molecular complexity index is 941. The van der Waals surface area contributed by atoms with E-state index in [4.69, 9.17) is 10.5 Å². The zero-order valence-corrected chi connectivity index (χ0v) is 10.7. The Balaban J connectivity index is 2.32. The van der Waals surface area contributed by atoms with E-state index in [0.29, 0.717) is 5.56 Å². The second-order valence-corrected chi connectivity index (χ2v) is 5.49. The Morgan fingerprint density at radius 1 is 1.15 bits per heavy atom. The van der Waals surface area contributed by atoms with Crippen LogP contribution in [0.4, 0.5) is 0 Å². The van der Waals surface area contributed by atoms with Crippen LogP contribution in [-0.2, 0) is 10.0 Å². The Kier molecular flexibility index (Phi) is 2.43. The second kappa shape index (κ2) is 4.02. The molecule has 2 aromatic rings. The first kappa shape index (κ1) is 12.1. The molecule has 0 fully saturated rings. The molecular weight excluding hydrogens is 278 g/mol. The first-order valence-electron chi connectivity index (χ1n) is 5.41. The second-order valence-electron chi connectivity index (χ2n) is 3.92. The van der Waals surface area contributed by atoms with Crippen molar-refractivity contribution in [1.29, 1.82) is 10.5 Å². The average Bonchev–Trinajstić information content (AvgIpc) is 2.98. The molecule has 20 heavy (non-hydrogen) atoms. The van der Waals surface area contributed by atoms with Gasteiger partial charge in [-0.3, -0.25) is 4.57 Å². The number of imidazole rings is 1. The van der Waals surface area contributed by atoms with Gasteiger partial charge >= 0.3 is 0 Å². The van der Waals surface area contributed by atoms with Crippen LogP contribution in [0, 0.1) is 22.7 Å². The summed E-state index contributed by atoms with van der Waals surface area (Å²) in [6.07, 6.45) is 1.22. The predicted molar refractivity (Wildman–Crippen MR) is 67.2 cm³/mol. The van der Waals surface area contributed by atoms with E-state index >= 15 is 0 Å². The molecular formula is C12H5N5O2S. The van der Waals surface area contributed by atoms with E-state index in [1.165, 1.54) is 17.0 Å². The van der Waals surface area contributed by atoms with Crippen molar-refractivity contribution in [3.05, 3.63) is 47.5 Å². The van der Waals surface area contributed by atoms with Gasteiger partial charge in [-0.2, -0.15) is 18.9 Å². The Hall–Kier alpha value is -2.97. The topological polar surface area (TPSA) is 112 Å². The summed E-state index contributed by atoms with van der Waals surface area (Å²) in [5.41, 5.74) is 0.265. The summed E-state index contributed by atoms with van der Waals surface area (Å²) in [7, 11) is -3.78. The van der Waals surface area contributed by atoms with Gasteiger partial charge in [0.1, 0.15) is 23.4 Å². The van der Waals surface area contributed by atoms with Gasteiger partial charge in [0.25, 0.3) is 10.0 Å².